The highest BCUT2D eigenvalue weighted by Crippen LogP contribution is 2.22. The van der Waals surface area contributed by atoms with E-state index in [1.165, 1.54) is 0 Å². The summed E-state index contributed by atoms with van der Waals surface area (Å²) in [5, 5.41) is 0. The van der Waals surface area contributed by atoms with Crippen LogP contribution in [0.4, 0.5) is 0 Å². The third-order valence-electron chi connectivity index (χ3n) is 4.20. The van der Waals surface area contributed by atoms with Gasteiger partial charge >= 0.3 is 0 Å². The molecule has 1 atom stereocenters. The van der Waals surface area contributed by atoms with Crippen molar-refractivity contribution in [2.24, 2.45) is 13.0 Å². The molecule has 0 N–H and O–H groups in total. The molecule has 1 aliphatic rings. The van der Waals surface area contributed by atoms with E-state index in [-0.39, 0.29) is 11.7 Å². The largest absolute Gasteiger partial charge is 0.487 e. The van der Waals surface area contributed by atoms with Crippen molar-refractivity contribution in [1.29, 1.82) is 0 Å². The summed E-state index contributed by atoms with van der Waals surface area (Å²) in [5.74, 6) is 1.36. The van der Waals surface area contributed by atoms with Gasteiger partial charge in [0.15, 0.2) is 0 Å². The number of aromatic nitrogens is 1. The van der Waals surface area contributed by atoms with Crippen LogP contribution in [0.15, 0.2) is 16.9 Å². The third kappa shape index (κ3) is 3.00. The van der Waals surface area contributed by atoms with Crippen LogP contribution in [0, 0.1) is 12.8 Å². The highest BCUT2D eigenvalue weighted by Gasteiger charge is 2.32. The second kappa shape index (κ2) is 5.37. The molecule has 1 saturated heterocycles. The molecule has 0 radical (unpaired) electrons. The van der Waals surface area contributed by atoms with Gasteiger partial charge in [0.1, 0.15) is 11.9 Å². The van der Waals surface area contributed by atoms with Crippen LogP contribution in [0.2, 0.25) is 0 Å². The quantitative estimate of drug-likeness (QED) is 0.831. The molecule has 0 saturated carbocycles. The monoisotopic (exact) mass is 264 g/mol. The predicted octanol–water partition coefficient (Wildman–Crippen LogP) is 1.80. The Morgan fingerprint density at radius 2 is 1.89 bits per heavy atom. The number of hydrogen-bond donors (Lipinski definition) is 0. The average Bonchev–Trinajstić information content (AvgIpc) is 2.29. The van der Waals surface area contributed by atoms with Crippen LogP contribution in [0.1, 0.15) is 26.5 Å². The van der Waals surface area contributed by atoms with Crippen molar-refractivity contribution in [1.82, 2.24) is 9.47 Å². The molecule has 0 spiro atoms. The van der Waals surface area contributed by atoms with Crippen LogP contribution >= 0.6 is 0 Å². The molecule has 4 nitrogen and oxygen atoms in total. The molecule has 2 heterocycles. The van der Waals surface area contributed by atoms with Gasteiger partial charge in [-0.25, -0.2) is 0 Å². The van der Waals surface area contributed by atoms with Crippen LogP contribution in [0.3, 0.4) is 0 Å². The van der Waals surface area contributed by atoms with Crippen molar-refractivity contribution in [3.63, 3.8) is 0 Å². The SMILES string of the molecule is Cc1cc(OC2CN(C(C)C(C)C)C2)cc(=O)n1C. The summed E-state index contributed by atoms with van der Waals surface area (Å²) in [6.07, 6.45) is 0.215. The number of rotatable bonds is 4. The van der Waals surface area contributed by atoms with E-state index in [4.69, 9.17) is 4.74 Å². The first-order chi connectivity index (χ1) is 8.88. The summed E-state index contributed by atoms with van der Waals surface area (Å²) in [7, 11) is 1.77. The Labute approximate surface area is 115 Å². The number of pyridine rings is 1. The number of nitrogens with zero attached hydrogens (tertiary/aromatic N) is 2. The lowest BCUT2D eigenvalue weighted by Crippen LogP contribution is -2.58. The fourth-order valence-corrected chi connectivity index (χ4v) is 2.30. The Balaban J connectivity index is 1.93. The van der Waals surface area contributed by atoms with E-state index in [1.807, 2.05) is 13.0 Å². The molecule has 106 valence electrons. The maximum atomic E-state index is 11.7. The summed E-state index contributed by atoms with van der Waals surface area (Å²) in [6, 6.07) is 4.09. The maximum absolute atomic E-state index is 11.7. The molecule has 1 aliphatic heterocycles. The number of likely N-dealkylation sites (tertiary alicyclic amines) is 1. The lowest BCUT2D eigenvalue weighted by atomic mass is 10.00. The number of ether oxygens (including phenoxy) is 1. The molecule has 2 rings (SSSR count). The zero-order chi connectivity index (χ0) is 14.2. The van der Waals surface area contributed by atoms with Gasteiger partial charge in [0.05, 0.1) is 0 Å². The van der Waals surface area contributed by atoms with E-state index in [0.29, 0.717) is 17.7 Å². The van der Waals surface area contributed by atoms with Crippen molar-refractivity contribution in [3.8, 4) is 5.75 Å². The summed E-state index contributed by atoms with van der Waals surface area (Å²) in [5.41, 5.74) is 0.913. The van der Waals surface area contributed by atoms with Crippen LogP contribution in [0.5, 0.6) is 5.75 Å². The van der Waals surface area contributed by atoms with Gasteiger partial charge in [-0.15, -0.1) is 0 Å². The molecule has 0 aliphatic carbocycles. The topological polar surface area (TPSA) is 34.5 Å². The van der Waals surface area contributed by atoms with Gasteiger partial charge in [-0.3, -0.25) is 9.69 Å². The Kier molecular flexibility index (Phi) is 3.99. The molecular formula is C15H24N2O2. The normalized spacial score (nSPS) is 18.4. The zero-order valence-corrected chi connectivity index (χ0v) is 12.5. The highest BCUT2D eigenvalue weighted by atomic mass is 16.5. The minimum absolute atomic E-state index is 0.0123. The van der Waals surface area contributed by atoms with Gasteiger partial charge in [-0.1, -0.05) is 13.8 Å². The minimum atomic E-state index is -0.0123. The first-order valence-corrected chi connectivity index (χ1v) is 6.97. The van der Waals surface area contributed by atoms with Gasteiger partial charge in [-0.2, -0.15) is 0 Å². The molecule has 1 fully saturated rings. The van der Waals surface area contributed by atoms with Crippen LogP contribution < -0.4 is 10.3 Å². The van der Waals surface area contributed by atoms with E-state index >= 15 is 0 Å². The number of hydrogen-bond acceptors (Lipinski definition) is 3. The van der Waals surface area contributed by atoms with E-state index in [2.05, 4.69) is 25.7 Å². The van der Waals surface area contributed by atoms with Crippen LogP contribution in [-0.2, 0) is 7.05 Å². The molecule has 0 amide bonds. The zero-order valence-electron chi connectivity index (χ0n) is 12.5. The Morgan fingerprint density at radius 1 is 1.26 bits per heavy atom. The predicted molar refractivity (Wildman–Crippen MR) is 76.7 cm³/mol. The Morgan fingerprint density at radius 3 is 2.42 bits per heavy atom. The third-order valence-corrected chi connectivity index (χ3v) is 4.20. The van der Waals surface area contributed by atoms with Gasteiger partial charge < -0.3 is 9.30 Å². The van der Waals surface area contributed by atoms with Gasteiger partial charge in [0.2, 0.25) is 0 Å². The number of aryl methyl sites for hydroxylation is 1. The molecule has 0 bridgehead atoms. The average molecular weight is 264 g/mol. The van der Waals surface area contributed by atoms with E-state index < -0.39 is 0 Å². The fourth-order valence-electron chi connectivity index (χ4n) is 2.30. The molecule has 19 heavy (non-hydrogen) atoms. The Hall–Kier alpha value is -1.29. The lowest BCUT2D eigenvalue weighted by molar-refractivity contribution is -0.0163. The first-order valence-electron chi connectivity index (χ1n) is 6.97. The minimum Gasteiger partial charge on any atom is -0.487 e. The standard InChI is InChI=1S/C15H24N2O2/c1-10(2)12(4)17-8-14(9-17)19-13-6-11(3)16(5)15(18)7-13/h6-7,10,12,14H,8-9H2,1-5H3. The van der Waals surface area contributed by atoms with Gasteiger partial charge in [0.25, 0.3) is 5.56 Å². The lowest BCUT2D eigenvalue weighted by Gasteiger charge is -2.44. The molecule has 0 aromatic carbocycles. The summed E-state index contributed by atoms with van der Waals surface area (Å²) in [4.78, 5) is 14.1. The summed E-state index contributed by atoms with van der Waals surface area (Å²) < 4.78 is 7.50. The van der Waals surface area contributed by atoms with Crippen LogP contribution in [-0.4, -0.2) is 34.7 Å². The van der Waals surface area contributed by atoms with Crippen molar-refractivity contribution in [3.05, 3.63) is 28.2 Å². The van der Waals surface area contributed by atoms with Gasteiger partial charge in [0, 0.05) is 37.9 Å². The van der Waals surface area contributed by atoms with Crippen LogP contribution in [0.25, 0.3) is 0 Å². The Bertz CT molecular complexity index is 501. The molecule has 1 aromatic heterocycles. The summed E-state index contributed by atoms with van der Waals surface area (Å²) in [6.45, 7) is 10.6. The van der Waals surface area contributed by atoms with E-state index in [1.54, 1.807) is 17.7 Å². The smallest absolute Gasteiger partial charge is 0.254 e. The highest BCUT2D eigenvalue weighted by molar-refractivity contribution is 5.23. The van der Waals surface area contributed by atoms with E-state index in [9.17, 15) is 4.79 Å². The maximum Gasteiger partial charge on any atom is 0.254 e. The van der Waals surface area contributed by atoms with E-state index in [0.717, 1.165) is 18.8 Å². The fraction of sp³-hybridized carbons (Fsp3) is 0.667. The second-order valence-corrected chi connectivity index (χ2v) is 5.91. The van der Waals surface area contributed by atoms with Crippen molar-refractivity contribution in [2.75, 3.05) is 13.1 Å². The second-order valence-electron chi connectivity index (χ2n) is 5.91. The molecule has 1 unspecified atom stereocenters. The first kappa shape index (κ1) is 14.1. The molecule has 4 heteroatoms. The van der Waals surface area contributed by atoms with Crippen molar-refractivity contribution >= 4 is 0 Å². The summed E-state index contributed by atoms with van der Waals surface area (Å²) >= 11 is 0. The van der Waals surface area contributed by atoms with Crippen molar-refractivity contribution in [2.45, 2.75) is 39.8 Å². The van der Waals surface area contributed by atoms with Crippen molar-refractivity contribution < 1.29 is 4.74 Å². The molecular weight excluding hydrogens is 240 g/mol. The molecule has 1 aromatic rings. The van der Waals surface area contributed by atoms with Gasteiger partial charge in [-0.05, 0) is 25.8 Å².